The van der Waals surface area contributed by atoms with Gasteiger partial charge in [0.2, 0.25) is 5.95 Å². The number of hydrogen-bond acceptors (Lipinski definition) is 3. The predicted octanol–water partition coefficient (Wildman–Crippen LogP) is 3.33. The first-order valence-corrected chi connectivity index (χ1v) is 6.66. The van der Waals surface area contributed by atoms with E-state index in [1.807, 2.05) is 66.0 Å². The zero-order valence-corrected chi connectivity index (χ0v) is 12.1. The minimum atomic E-state index is 0.455. The van der Waals surface area contributed by atoms with Gasteiger partial charge >= 0.3 is 0 Å². The van der Waals surface area contributed by atoms with Crippen LogP contribution in [-0.2, 0) is 0 Å². The van der Waals surface area contributed by atoms with Crippen molar-refractivity contribution in [2.75, 3.05) is 24.7 Å². The smallest absolute Gasteiger partial charge is 0.206 e. The molecule has 1 heterocycles. The second kappa shape index (κ2) is 4.72. The number of nitrogens with two attached hydrogens (primary N) is 1. The second-order valence-corrected chi connectivity index (χ2v) is 5.26. The Morgan fingerprint density at radius 3 is 2.65 bits per heavy atom. The third kappa shape index (κ3) is 1.98. The van der Waals surface area contributed by atoms with E-state index in [1.165, 1.54) is 0 Å². The Balaban J connectivity index is 2.35. The van der Waals surface area contributed by atoms with Gasteiger partial charge in [0.05, 0.1) is 22.4 Å². The van der Waals surface area contributed by atoms with Crippen LogP contribution in [0.1, 0.15) is 0 Å². The lowest BCUT2D eigenvalue weighted by atomic mass is 10.2. The number of para-hydroxylation sites is 2. The first-order chi connectivity index (χ1) is 9.58. The molecule has 0 bridgehead atoms. The Labute approximate surface area is 122 Å². The molecular formula is C15H15ClN4. The molecule has 0 saturated heterocycles. The summed E-state index contributed by atoms with van der Waals surface area (Å²) in [4.78, 5) is 6.44. The molecule has 20 heavy (non-hydrogen) atoms. The molecule has 0 aliphatic heterocycles. The molecule has 0 spiro atoms. The van der Waals surface area contributed by atoms with Gasteiger partial charge in [0.1, 0.15) is 0 Å². The molecule has 0 unspecified atom stereocenters. The van der Waals surface area contributed by atoms with Crippen LogP contribution in [0.5, 0.6) is 0 Å². The van der Waals surface area contributed by atoms with Gasteiger partial charge in [0.25, 0.3) is 0 Å². The number of nitrogen functional groups attached to an aromatic ring is 1. The SMILES string of the molecule is CN(C)c1ccccc1-n1c(N)nc2ccc(Cl)cc21. The van der Waals surface area contributed by atoms with Crippen molar-refractivity contribution in [2.45, 2.75) is 0 Å². The number of aromatic nitrogens is 2. The normalized spacial score (nSPS) is 10.9. The summed E-state index contributed by atoms with van der Waals surface area (Å²) in [6, 6.07) is 13.6. The molecule has 102 valence electrons. The van der Waals surface area contributed by atoms with Crippen LogP contribution in [0.15, 0.2) is 42.5 Å². The lowest BCUT2D eigenvalue weighted by Crippen LogP contribution is -2.13. The van der Waals surface area contributed by atoms with Gasteiger partial charge in [-0.2, -0.15) is 0 Å². The van der Waals surface area contributed by atoms with E-state index < -0.39 is 0 Å². The molecule has 0 fully saturated rings. The third-order valence-electron chi connectivity index (χ3n) is 3.25. The summed E-state index contributed by atoms with van der Waals surface area (Å²) in [6.07, 6.45) is 0. The lowest BCUT2D eigenvalue weighted by molar-refractivity contribution is 1.06. The fourth-order valence-electron chi connectivity index (χ4n) is 2.35. The molecule has 0 amide bonds. The fraction of sp³-hybridized carbons (Fsp3) is 0.133. The van der Waals surface area contributed by atoms with Crippen molar-refractivity contribution in [3.05, 3.63) is 47.5 Å². The summed E-state index contributed by atoms with van der Waals surface area (Å²) in [6.45, 7) is 0. The standard InChI is InChI=1S/C15H15ClN4/c1-19(2)12-5-3-4-6-13(12)20-14-9-10(16)7-8-11(14)18-15(20)17/h3-9H,1-2H3,(H2,17,18). The van der Waals surface area contributed by atoms with Gasteiger partial charge in [0.15, 0.2) is 0 Å². The zero-order chi connectivity index (χ0) is 14.3. The number of benzene rings is 2. The van der Waals surface area contributed by atoms with Crippen LogP contribution in [-0.4, -0.2) is 23.6 Å². The van der Waals surface area contributed by atoms with Crippen molar-refractivity contribution in [1.82, 2.24) is 9.55 Å². The van der Waals surface area contributed by atoms with Crippen LogP contribution in [0.3, 0.4) is 0 Å². The Hall–Kier alpha value is -2.20. The van der Waals surface area contributed by atoms with Crippen molar-refractivity contribution in [3.8, 4) is 5.69 Å². The highest BCUT2D eigenvalue weighted by Gasteiger charge is 2.14. The van der Waals surface area contributed by atoms with E-state index in [0.717, 1.165) is 22.4 Å². The highest BCUT2D eigenvalue weighted by atomic mass is 35.5. The molecule has 0 saturated carbocycles. The van der Waals surface area contributed by atoms with Crippen molar-refractivity contribution in [3.63, 3.8) is 0 Å². The van der Waals surface area contributed by atoms with Crippen molar-refractivity contribution in [1.29, 1.82) is 0 Å². The van der Waals surface area contributed by atoms with Crippen molar-refractivity contribution in [2.24, 2.45) is 0 Å². The first kappa shape index (κ1) is 12.8. The molecule has 2 N–H and O–H groups in total. The number of rotatable bonds is 2. The number of fused-ring (bicyclic) bond motifs is 1. The molecular weight excluding hydrogens is 272 g/mol. The van der Waals surface area contributed by atoms with Gasteiger partial charge in [-0.3, -0.25) is 4.57 Å². The molecule has 0 radical (unpaired) electrons. The van der Waals surface area contributed by atoms with E-state index in [2.05, 4.69) is 4.98 Å². The Bertz CT molecular complexity index is 777. The highest BCUT2D eigenvalue weighted by Crippen LogP contribution is 2.30. The number of hydrogen-bond donors (Lipinski definition) is 1. The van der Waals surface area contributed by atoms with E-state index >= 15 is 0 Å². The third-order valence-corrected chi connectivity index (χ3v) is 3.48. The lowest BCUT2D eigenvalue weighted by Gasteiger charge is -2.18. The maximum atomic E-state index is 6.10. The molecule has 0 atom stereocenters. The van der Waals surface area contributed by atoms with Gasteiger partial charge in [-0.05, 0) is 30.3 Å². The maximum absolute atomic E-state index is 6.10. The monoisotopic (exact) mass is 286 g/mol. The average molecular weight is 287 g/mol. The molecule has 0 aliphatic rings. The summed E-state index contributed by atoms with van der Waals surface area (Å²) in [7, 11) is 4.00. The summed E-state index contributed by atoms with van der Waals surface area (Å²) >= 11 is 6.10. The Kier molecular flexibility index (Phi) is 3.03. The predicted molar refractivity (Wildman–Crippen MR) is 84.8 cm³/mol. The Morgan fingerprint density at radius 2 is 1.90 bits per heavy atom. The van der Waals surface area contributed by atoms with E-state index in [0.29, 0.717) is 11.0 Å². The van der Waals surface area contributed by atoms with Crippen LogP contribution >= 0.6 is 11.6 Å². The summed E-state index contributed by atoms with van der Waals surface area (Å²) in [5, 5.41) is 0.668. The van der Waals surface area contributed by atoms with Crippen LogP contribution in [0, 0.1) is 0 Å². The summed E-state index contributed by atoms with van der Waals surface area (Å²) < 4.78 is 1.93. The molecule has 3 aromatic rings. The largest absolute Gasteiger partial charge is 0.376 e. The average Bonchev–Trinajstić information content (AvgIpc) is 2.74. The van der Waals surface area contributed by atoms with Crippen molar-refractivity contribution >= 4 is 34.3 Å². The quantitative estimate of drug-likeness (QED) is 0.786. The van der Waals surface area contributed by atoms with Crippen LogP contribution in [0.25, 0.3) is 16.7 Å². The summed E-state index contributed by atoms with van der Waals surface area (Å²) in [5.74, 6) is 0.455. The molecule has 1 aromatic heterocycles. The number of nitrogens with zero attached hydrogens (tertiary/aromatic N) is 3. The number of halogens is 1. The molecule has 3 rings (SSSR count). The molecule has 0 aliphatic carbocycles. The van der Waals surface area contributed by atoms with Gasteiger partial charge in [-0.1, -0.05) is 23.7 Å². The summed E-state index contributed by atoms with van der Waals surface area (Å²) in [5.41, 5.74) is 9.89. The minimum Gasteiger partial charge on any atom is -0.376 e. The first-order valence-electron chi connectivity index (χ1n) is 6.28. The second-order valence-electron chi connectivity index (χ2n) is 4.82. The number of imidazole rings is 1. The molecule has 2 aromatic carbocycles. The van der Waals surface area contributed by atoms with E-state index in [1.54, 1.807) is 0 Å². The van der Waals surface area contributed by atoms with Crippen LogP contribution < -0.4 is 10.6 Å². The number of anilines is 2. The zero-order valence-electron chi connectivity index (χ0n) is 11.3. The van der Waals surface area contributed by atoms with E-state index in [9.17, 15) is 0 Å². The molecule has 4 nitrogen and oxygen atoms in total. The topological polar surface area (TPSA) is 47.1 Å². The van der Waals surface area contributed by atoms with Gasteiger partial charge < -0.3 is 10.6 Å². The van der Waals surface area contributed by atoms with Gasteiger partial charge in [-0.25, -0.2) is 4.98 Å². The van der Waals surface area contributed by atoms with Crippen LogP contribution in [0.2, 0.25) is 5.02 Å². The van der Waals surface area contributed by atoms with Crippen LogP contribution in [0.4, 0.5) is 11.6 Å². The Morgan fingerprint density at radius 1 is 1.15 bits per heavy atom. The molecule has 5 heteroatoms. The van der Waals surface area contributed by atoms with E-state index in [-0.39, 0.29) is 0 Å². The van der Waals surface area contributed by atoms with E-state index in [4.69, 9.17) is 17.3 Å². The minimum absolute atomic E-state index is 0.455. The highest BCUT2D eigenvalue weighted by molar-refractivity contribution is 6.31. The van der Waals surface area contributed by atoms with Gasteiger partial charge in [-0.15, -0.1) is 0 Å². The van der Waals surface area contributed by atoms with Gasteiger partial charge in [0, 0.05) is 19.1 Å². The maximum Gasteiger partial charge on any atom is 0.206 e. The van der Waals surface area contributed by atoms with Crippen molar-refractivity contribution < 1.29 is 0 Å². The fourth-order valence-corrected chi connectivity index (χ4v) is 2.52.